The molecule has 3 aromatic rings. The van der Waals surface area contributed by atoms with E-state index in [-0.39, 0.29) is 17.5 Å². The standard InChI is InChI=1S/C24H30FN5O3/c1-13-10-17(11-14(2)20(13)25)30-21(29-12-15(3)26-22(29)31)19-16(4)28(9-8-18(19)27-30)23(32)33-24(5,6)7/h10-12,16H,8-9H2,1-7H3,(H,26,31)/t16-/m0/s1. The Balaban J connectivity index is 1.92. The number of carbonyl (C=O) groups excluding carboxylic acids is 1. The maximum atomic E-state index is 14.3. The summed E-state index contributed by atoms with van der Waals surface area (Å²) in [5.74, 6) is 0.266. The zero-order valence-electron chi connectivity index (χ0n) is 20.1. The molecule has 0 spiro atoms. The molecule has 0 saturated heterocycles. The van der Waals surface area contributed by atoms with E-state index in [1.54, 1.807) is 48.7 Å². The quantitative estimate of drug-likeness (QED) is 0.625. The van der Waals surface area contributed by atoms with Crippen molar-refractivity contribution in [3.05, 3.63) is 62.7 Å². The molecule has 1 aliphatic rings. The maximum absolute atomic E-state index is 14.3. The molecule has 33 heavy (non-hydrogen) atoms. The highest BCUT2D eigenvalue weighted by Crippen LogP contribution is 2.36. The van der Waals surface area contributed by atoms with Gasteiger partial charge in [-0.25, -0.2) is 18.7 Å². The number of halogens is 1. The summed E-state index contributed by atoms with van der Waals surface area (Å²) < 4.78 is 23.1. The van der Waals surface area contributed by atoms with Gasteiger partial charge < -0.3 is 14.6 Å². The van der Waals surface area contributed by atoms with Gasteiger partial charge in [0.2, 0.25) is 0 Å². The van der Waals surface area contributed by atoms with Gasteiger partial charge in [-0.05, 0) is 71.7 Å². The van der Waals surface area contributed by atoms with Crippen LogP contribution in [0.2, 0.25) is 0 Å². The topological polar surface area (TPSA) is 85.2 Å². The fraction of sp³-hybridized carbons (Fsp3) is 0.458. The fourth-order valence-electron chi connectivity index (χ4n) is 4.35. The Kier molecular flexibility index (Phi) is 5.46. The molecule has 0 fully saturated rings. The average molecular weight is 456 g/mol. The number of hydrogen-bond acceptors (Lipinski definition) is 4. The summed E-state index contributed by atoms with van der Waals surface area (Å²) in [7, 11) is 0. The number of aromatic nitrogens is 4. The number of nitrogens with zero attached hydrogens (tertiary/aromatic N) is 4. The zero-order valence-corrected chi connectivity index (χ0v) is 20.1. The Morgan fingerprint density at radius 2 is 1.85 bits per heavy atom. The molecule has 9 heteroatoms. The fourth-order valence-corrected chi connectivity index (χ4v) is 4.35. The smallest absolute Gasteiger partial charge is 0.410 e. The van der Waals surface area contributed by atoms with E-state index >= 15 is 0 Å². The molecular weight excluding hydrogens is 425 g/mol. The van der Waals surface area contributed by atoms with Gasteiger partial charge in [0.05, 0.1) is 17.4 Å². The van der Waals surface area contributed by atoms with Gasteiger partial charge in [-0.1, -0.05) is 0 Å². The van der Waals surface area contributed by atoms with E-state index < -0.39 is 11.7 Å². The molecule has 0 radical (unpaired) electrons. The van der Waals surface area contributed by atoms with E-state index in [4.69, 9.17) is 9.84 Å². The number of aryl methyl sites for hydroxylation is 3. The second kappa shape index (κ2) is 7.90. The van der Waals surface area contributed by atoms with Crippen LogP contribution in [0.25, 0.3) is 11.5 Å². The summed E-state index contributed by atoms with van der Waals surface area (Å²) in [5, 5.41) is 4.82. The highest BCUT2D eigenvalue weighted by atomic mass is 19.1. The lowest BCUT2D eigenvalue weighted by molar-refractivity contribution is 0.0159. The lowest BCUT2D eigenvalue weighted by Crippen LogP contribution is -2.42. The molecule has 1 N–H and O–H groups in total. The predicted octanol–water partition coefficient (Wildman–Crippen LogP) is 4.27. The van der Waals surface area contributed by atoms with Crippen molar-refractivity contribution in [1.82, 2.24) is 24.2 Å². The van der Waals surface area contributed by atoms with Crippen molar-refractivity contribution in [2.75, 3.05) is 6.54 Å². The van der Waals surface area contributed by atoms with E-state index in [2.05, 4.69) is 4.98 Å². The second-order valence-electron chi connectivity index (χ2n) is 9.70. The van der Waals surface area contributed by atoms with Crippen LogP contribution in [0.15, 0.2) is 23.1 Å². The first-order chi connectivity index (χ1) is 15.4. The molecule has 1 amide bonds. The minimum absolute atomic E-state index is 0.267. The van der Waals surface area contributed by atoms with Gasteiger partial charge >= 0.3 is 11.8 Å². The highest BCUT2D eigenvalue weighted by molar-refractivity contribution is 5.70. The van der Waals surface area contributed by atoms with E-state index in [1.165, 1.54) is 4.57 Å². The molecule has 0 bridgehead atoms. The molecule has 8 nitrogen and oxygen atoms in total. The number of rotatable bonds is 2. The van der Waals surface area contributed by atoms with Crippen LogP contribution in [0.5, 0.6) is 0 Å². The number of carbonyl (C=O) groups is 1. The Hall–Kier alpha value is -3.36. The normalized spacial score (nSPS) is 16.1. The zero-order chi connectivity index (χ0) is 24.2. The van der Waals surface area contributed by atoms with Gasteiger partial charge in [-0.3, -0.25) is 4.57 Å². The van der Waals surface area contributed by atoms with Crippen LogP contribution in [0.3, 0.4) is 0 Å². The maximum Gasteiger partial charge on any atom is 0.410 e. The van der Waals surface area contributed by atoms with Crippen molar-refractivity contribution in [2.45, 2.75) is 66.5 Å². The summed E-state index contributed by atoms with van der Waals surface area (Å²) in [6.45, 7) is 13.0. The summed E-state index contributed by atoms with van der Waals surface area (Å²) in [4.78, 5) is 30.2. The number of fused-ring (bicyclic) bond motifs is 1. The molecule has 3 heterocycles. The van der Waals surface area contributed by atoms with Gasteiger partial charge in [-0.2, -0.15) is 5.10 Å². The minimum atomic E-state index is -0.623. The number of aromatic amines is 1. The number of ether oxygens (including phenoxy) is 1. The van der Waals surface area contributed by atoms with Crippen LogP contribution in [0.4, 0.5) is 9.18 Å². The summed E-state index contributed by atoms with van der Waals surface area (Å²) >= 11 is 0. The number of H-pyrrole nitrogens is 1. The van der Waals surface area contributed by atoms with Gasteiger partial charge in [0, 0.05) is 30.4 Å². The molecule has 1 aliphatic heterocycles. The Bertz CT molecular complexity index is 1270. The third-order valence-electron chi connectivity index (χ3n) is 5.82. The lowest BCUT2D eigenvalue weighted by Gasteiger charge is -2.34. The molecule has 0 aliphatic carbocycles. The van der Waals surface area contributed by atoms with Crippen LogP contribution >= 0.6 is 0 Å². The Morgan fingerprint density at radius 1 is 1.21 bits per heavy atom. The lowest BCUT2D eigenvalue weighted by atomic mass is 9.99. The molecule has 2 aromatic heterocycles. The Labute approximate surface area is 192 Å². The predicted molar refractivity (Wildman–Crippen MR) is 123 cm³/mol. The number of imidazole rings is 1. The summed E-state index contributed by atoms with van der Waals surface area (Å²) in [6.07, 6.45) is 1.81. The first-order valence-corrected chi connectivity index (χ1v) is 11.0. The van der Waals surface area contributed by atoms with Crippen molar-refractivity contribution in [2.24, 2.45) is 0 Å². The monoisotopic (exact) mass is 455 g/mol. The molecule has 1 atom stereocenters. The molecule has 4 rings (SSSR count). The van der Waals surface area contributed by atoms with Crippen molar-refractivity contribution in [3.8, 4) is 11.5 Å². The van der Waals surface area contributed by atoms with Gasteiger partial charge in [0.25, 0.3) is 0 Å². The molecule has 0 saturated carbocycles. The number of amides is 1. The van der Waals surface area contributed by atoms with Crippen LogP contribution < -0.4 is 5.69 Å². The highest BCUT2D eigenvalue weighted by Gasteiger charge is 2.36. The van der Waals surface area contributed by atoms with E-state index in [9.17, 15) is 14.0 Å². The van der Waals surface area contributed by atoms with Crippen molar-refractivity contribution in [3.63, 3.8) is 0 Å². The summed E-state index contributed by atoms with van der Waals surface area (Å²) in [5.41, 5.74) is 2.96. The summed E-state index contributed by atoms with van der Waals surface area (Å²) in [6, 6.07) is 3.05. The minimum Gasteiger partial charge on any atom is -0.444 e. The second-order valence-corrected chi connectivity index (χ2v) is 9.70. The SMILES string of the molecule is Cc1cn(-c2c3c(nn2-c2cc(C)c(F)c(C)c2)CCN(C(=O)OC(C)(C)C)[C@H]3C)c(=O)[nH]1. The third kappa shape index (κ3) is 4.07. The van der Waals surface area contributed by atoms with Crippen LogP contribution in [0.1, 0.15) is 61.8 Å². The van der Waals surface area contributed by atoms with E-state index in [0.29, 0.717) is 41.3 Å². The number of hydrogen-bond donors (Lipinski definition) is 1. The molecule has 1 aromatic carbocycles. The van der Waals surface area contributed by atoms with Crippen LogP contribution in [0, 0.1) is 26.6 Å². The molecular formula is C24H30FN5O3. The van der Waals surface area contributed by atoms with Crippen LogP contribution in [-0.2, 0) is 11.2 Å². The van der Waals surface area contributed by atoms with E-state index in [1.807, 2.05) is 27.7 Å². The van der Waals surface area contributed by atoms with Crippen LogP contribution in [-0.4, -0.2) is 42.5 Å². The molecule has 0 unspecified atom stereocenters. The van der Waals surface area contributed by atoms with Gasteiger partial charge in [-0.15, -0.1) is 0 Å². The largest absolute Gasteiger partial charge is 0.444 e. The average Bonchev–Trinajstić information content (AvgIpc) is 3.24. The van der Waals surface area contributed by atoms with Crippen molar-refractivity contribution in [1.29, 1.82) is 0 Å². The van der Waals surface area contributed by atoms with Gasteiger partial charge in [0.1, 0.15) is 17.2 Å². The number of nitrogens with one attached hydrogen (secondary N) is 1. The van der Waals surface area contributed by atoms with E-state index in [0.717, 1.165) is 11.3 Å². The van der Waals surface area contributed by atoms with Crippen molar-refractivity contribution < 1.29 is 13.9 Å². The third-order valence-corrected chi connectivity index (χ3v) is 5.82. The Morgan fingerprint density at radius 3 is 2.39 bits per heavy atom. The first kappa shape index (κ1) is 22.8. The van der Waals surface area contributed by atoms with Crippen molar-refractivity contribution >= 4 is 6.09 Å². The number of benzene rings is 1. The molecule has 176 valence electrons. The van der Waals surface area contributed by atoms with Gasteiger partial charge in [0.15, 0.2) is 0 Å². The first-order valence-electron chi connectivity index (χ1n) is 11.0.